The highest BCUT2D eigenvalue weighted by atomic mass is 32.2. The number of benzene rings is 1. The van der Waals surface area contributed by atoms with E-state index in [1.807, 2.05) is 0 Å². The minimum Gasteiger partial charge on any atom is -0.384 e. The average molecular weight is 432 g/mol. The number of aryl methyl sites for hydroxylation is 1. The number of carbonyl (C=O) groups excluding carboxylic acids is 1. The van der Waals surface area contributed by atoms with E-state index in [4.69, 9.17) is 5.26 Å². The van der Waals surface area contributed by atoms with E-state index in [1.54, 1.807) is 13.1 Å². The van der Waals surface area contributed by atoms with Crippen molar-refractivity contribution in [1.29, 1.82) is 5.26 Å². The number of aliphatic hydroxyl groups is 1. The summed E-state index contributed by atoms with van der Waals surface area (Å²) < 4.78 is 43.1. The number of nitrogens with zero attached hydrogens (tertiary/aromatic N) is 2. The van der Waals surface area contributed by atoms with Crippen LogP contribution >= 0.6 is 0 Å². The van der Waals surface area contributed by atoms with Crippen molar-refractivity contribution in [3.05, 3.63) is 59.7 Å². The van der Waals surface area contributed by atoms with Crippen LogP contribution in [0.25, 0.3) is 0 Å². The van der Waals surface area contributed by atoms with Crippen molar-refractivity contribution < 1.29 is 22.7 Å². The first-order chi connectivity index (χ1) is 14.0. The predicted molar refractivity (Wildman–Crippen MR) is 108 cm³/mol. The number of rotatable bonds is 4. The number of fused-ring (bicyclic) bond motifs is 1. The standard InChI is InChI=1S/C20H21FN4O4S/c1-4-20(2,27)17-8-6-14-16(30(28,29)24-17)11-25(3)18(14)19(26)23-13-5-7-15(21)12(9-13)10-22/h4-5,7,9,11,17,24,27H,1,6,8H2,2-3H3,(H,23,26)/t17-,20?/m1/s1. The second kappa shape index (κ2) is 7.68. The van der Waals surface area contributed by atoms with E-state index in [9.17, 15) is 22.7 Å². The molecule has 8 nitrogen and oxygen atoms in total. The Kier molecular flexibility index (Phi) is 5.56. The van der Waals surface area contributed by atoms with Gasteiger partial charge in [0.15, 0.2) is 0 Å². The summed E-state index contributed by atoms with van der Waals surface area (Å²) in [6.07, 6.45) is 3.06. The maximum Gasteiger partial charge on any atom is 0.272 e. The minimum atomic E-state index is -4.00. The van der Waals surface area contributed by atoms with Gasteiger partial charge in [0.2, 0.25) is 10.0 Å². The Balaban J connectivity index is 1.99. The first-order valence-corrected chi connectivity index (χ1v) is 10.6. The molecule has 0 bridgehead atoms. The fraction of sp³-hybridized carbons (Fsp3) is 0.300. The van der Waals surface area contributed by atoms with Crippen LogP contribution in [-0.2, 0) is 23.5 Å². The molecule has 10 heteroatoms. The Bertz CT molecular complexity index is 1180. The van der Waals surface area contributed by atoms with Crippen LogP contribution in [0.1, 0.15) is 35.0 Å². The molecule has 0 aliphatic carbocycles. The number of anilines is 1. The normalized spacial score (nSPS) is 19.6. The van der Waals surface area contributed by atoms with E-state index in [0.717, 1.165) is 6.07 Å². The molecule has 0 saturated heterocycles. The summed E-state index contributed by atoms with van der Waals surface area (Å²) in [5.41, 5.74) is -1.05. The number of hydrogen-bond acceptors (Lipinski definition) is 5. The highest BCUT2D eigenvalue weighted by Gasteiger charge is 2.38. The number of carbonyl (C=O) groups is 1. The van der Waals surface area contributed by atoms with Gasteiger partial charge in [0.25, 0.3) is 5.91 Å². The summed E-state index contributed by atoms with van der Waals surface area (Å²) in [5, 5.41) is 22.0. The number of amides is 1. The molecule has 1 aliphatic rings. The van der Waals surface area contributed by atoms with Crippen LogP contribution in [0.3, 0.4) is 0 Å². The van der Waals surface area contributed by atoms with Gasteiger partial charge in [-0.1, -0.05) is 6.08 Å². The van der Waals surface area contributed by atoms with Gasteiger partial charge >= 0.3 is 0 Å². The van der Waals surface area contributed by atoms with Crippen molar-refractivity contribution in [2.45, 2.75) is 36.3 Å². The lowest BCUT2D eigenvalue weighted by Gasteiger charge is -2.29. The first kappa shape index (κ1) is 21.7. The lowest BCUT2D eigenvalue weighted by Crippen LogP contribution is -2.49. The highest BCUT2D eigenvalue weighted by molar-refractivity contribution is 7.89. The van der Waals surface area contributed by atoms with Gasteiger partial charge in [-0.2, -0.15) is 5.26 Å². The van der Waals surface area contributed by atoms with Crippen molar-refractivity contribution in [3.63, 3.8) is 0 Å². The van der Waals surface area contributed by atoms with E-state index in [2.05, 4.69) is 16.6 Å². The maximum atomic E-state index is 13.5. The molecular formula is C20H21FN4O4S. The van der Waals surface area contributed by atoms with Crippen LogP contribution < -0.4 is 10.0 Å². The van der Waals surface area contributed by atoms with E-state index >= 15 is 0 Å². The SMILES string of the molecule is C=CC(C)(O)[C@H]1CCc2c(cn(C)c2C(=O)Nc2ccc(F)c(C#N)c2)S(=O)(=O)N1. The molecule has 158 valence electrons. The second-order valence-corrected chi connectivity index (χ2v) is 9.02. The van der Waals surface area contributed by atoms with Gasteiger partial charge in [0.05, 0.1) is 17.2 Å². The Morgan fingerprint density at radius 3 is 2.87 bits per heavy atom. The average Bonchev–Trinajstić information content (AvgIpc) is 2.97. The molecule has 30 heavy (non-hydrogen) atoms. The summed E-state index contributed by atoms with van der Waals surface area (Å²) >= 11 is 0. The summed E-state index contributed by atoms with van der Waals surface area (Å²) in [5.74, 6) is -1.31. The third kappa shape index (κ3) is 3.87. The minimum absolute atomic E-state index is 0.0469. The number of aromatic nitrogens is 1. The third-order valence-corrected chi connectivity index (χ3v) is 6.72. The zero-order valence-electron chi connectivity index (χ0n) is 16.4. The van der Waals surface area contributed by atoms with E-state index < -0.39 is 33.4 Å². The molecule has 3 N–H and O–H groups in total. The van der Waals surface area contributed by atoms with Crippen LogP contribution in [-0.4, -0.2) is 35.6 Å². The van der Waals surface area contributed by atoms with Crippen molar-refractivity contribution in [2.24, 2.45) is 7.05 Å². The molecule has 2 atom stereocenters. The summed E-state index contributed by atoms with van der Waals surface area (Å²) in [6.45, 7) is 5.00. The summed E-state index contributed by atoms with van der Waals surface area (Å²) in [4.78, 5) is 12.9. The van der Waals surface area contributed by atoms with Crippen molar-refractivity contribution in [2.75, 3.05) is 5.32 Å². The maximum absolute atomic E-state index is 13.5. The molecule has 2 aromatic rings. The fourth-order valence-corrected chi connectivity index (χ4v) is 5.13. The van der Waals surface area contributed by atoms with Crippen LogP contribution in [0.2, 0.25) is 0 Å². The van der Waals surface area contributed by atoms with Crippen LogP contribution in [0.5, 0.6) is 0 Å². The molecular weight excluding hydrogens is 411 g/mol. The quantitative estimate of drug-likeness (QED) is 0.636. The Morgan fingerprint density at radius 1 is 1.53 bits per heavy atom. The van der Waals surface area contributed by atoms with Crippen LogP contribution in [0.15, 0.2) is 41.9 Å². The summed E-state index contributed by atoms with van der Waals surface area (Å²) in [6, 6.07) is 4.46. The zero-order chi connectivity index (χ0) is 22.3. The third-order valence-electron chi connectivity index (χ3n) is 5.20. The zero-order valence-corrected chi connectivity index (χ0v) is 17.3. The molecule has 1 amide bonds. The number of sulfonamides is 1. The van der Waals surface area contributed by atoms with E-state index in [0.29, 0.717) is 5.56 Å². The van der Waals surface area contributed by atoms with E-state index in [-0.39, 0.29) is 34.7 Å². The lowest BCUT2D eigenvalue weighted by molar-refractivity contribution is 0.0731. The van der Waals surface area contributed by atoms with Gasteiger partial charge in [-0.15, -0.1) is 6.58 Å². The van der Waals surface area contributed by atoms with Gasteiger partial charge in [0, 0.05) is 24.5 Å². The molecule has 2 heterocycles. The smallest absolute Gasteiger partial charge is 0.272 e. The molecule has 1 aliphatic heterocycles. The van der Waals surface area contributed by atoms with Gasteiger partial charge in [-0.3, -0.25) is 4.79 Å². The van der Waals surface area contributed by atoms with Crippen molar-refractivity contribution in [3.8, 4) is 6.07 Å². The monoisotopic (exact) mass is 432 g/mol. The summed E-state index contributed by atoms with van der Waals surface area (Å²) in [7, 11) is -2.45. The molecule has 1 aromatic heterocycles. The molecule has 0 radical (unpaired) electrons. The van der Waals surface area contributed by atoms with Gasteiger partial charge in [-0.05, 0) is 38.0 Å². The Morgan fingerprint density at radius 2 is 2.23 bits per heavy atom. The van der Waals surface area contributed by atoms with Gasteiger partial charge in [0.1, 0.15) is 22.5 Å². The topological polar surface area (TPSA) is 124 Å². The largest absolute Gasteiger partial charge is 0.384 e. The molecule has 1 aromatic carbocycles. The molecule has 0 spiro atoms. The first-order valence-electron chi connectivity index (χ1n) is 9.07. The molecule has 3 rings (SSSR count). The van der Waals surface area contributed by atoms with Crippen molar-refractivity contribution in [1.82, 2.24) is 9.29 Å². The number of nitriles is 1. The highest BCUT2D eigenvalue weighted by Crippen LogP contribution is 2.30. The lowest BCUT2D eigenvalue weighted by atomic mass is 9.92. The Labute approximate surface area is 173 Å². The number of hydrogen-bond donors (Lipinski definition) is 3. The predicted octanol–water partition coefficient (Wildman–Crippen LogP) is 1.82. The van der Waals surface area contributed by atoms with Gasteiger partial charge in [-0.25, -0.2) is 17.5 Å². The number of nitrogens with one attached hydrogen (secondary N) is 2. The van der Waals surface area contributed by atoms with Crippen LogP contribution in [0, 0.1) is 17.1 Å². The molecule has 0 fully saturated rings. The number of halogens is 1. The van der Waals surface area contributed by atoms with Gasteiger partial charge < -0.3 is 15.0 Å². The fourth-order valence-electron chi connectivity index (χ4n) is 3.45. The van der Waals surface area contributed by atoms with Crippen LogP contribution in [0.4, 0.5) is 10.1 Å². The molecule has 0 saturated carbocycles. The Hall–Kier alpha value is -3.00. The van der Waals surface area contributed by atoms with E-state index in [1.165, 1.54) is 35.9 Å². The van der Waals surface area contributed by atoms with Crippen molar-refractivity contribution >= 4 is 21.6 Å². The molecule has 1 unspecified atom stereocenters. The second-order valence-electron chi connectivity index (χ2n) is 7.33.